The minimum atomic E-state index is -0.636. The van der Waals surface area contributed by atoms with Gasteiger partial charge in [0.05, 0.1) is 0 Å². The predicted octanol–water partition coefficient (Wildman–Crippen LogP) is 5.57. The van der Waals surface area contributed by atoms with Crippen molar-refractivity contribution in [2.45, 2.75) is 45.7 Å². The zero-order valence-electron chi connectivity index (χ0n) is 22.0. The first-order valence-corrected chi connectivity index (χ1v) is 13.9. The lowest BCUT2D eigenvalue weighted by molar-refractivity contribution is -0.141. The number of hydrogen-bond acceptors (Lipinski definition) is 4. The number of hydrogen-bond donors (Lipinski definition) is 1. The number of halogens is 1. The first-order chi connectivity index (χ1) is 18.4. The molecule has 200 valence electrons. The Balaban J connectivity index is 1.59. The van der Waals surface area contributed by atoms with Gasteiger partial charge >= 0.3 is 0 Å². The molecule has 1 aliphatic rings. The number of nitrogens with one attached hydrogen (secondary N) is 1. The topological polar surface area (TPSA) is 67.9 Å². The molecule has 1 aliphatic heterocycles. The Morgan fingerprint density at radius 1 is 0.895 bits per heavy atom. The number of ether oxygens (including phenoxy) is 2. The van der Waals surface area contributed by atoms with Crippen LogP contribution in [0.1, 0.15) is 37.0 Å². The fourth-order valence-corrected chi connectivity index (χ4v) is 4.89. The molecule has 6 nitrogen and oxygen atoms in total. The summed E-state index contributed by atoms with van der Waals surface area (Å²) < 4.78 is 12.3. The summed E-state index contributed by atoms with van der Waals surface area (Å²) in [4.78, 5) is 29.1. The molecular weight excluding hydrogens is 544 g/mol. The van der Waals surface area contributed by atoms with E-state index in [4.69, 9.17) is 9.47 Å². The van der Waals surface area contributed by atoms with Crippen molar-refractivity contribution in [1.29, 1.82) is 0 Å². The summed E-state index contributed by atoms with van der Waals surface area (Å²) in [5, 5.41) is 3.07. The second-order valence-corrected chi connectivity index (χ2v) is 10.9. The number of rotatable bonds is 11. The van der Waals surface area contributed by atoms with Crippen LogP contribution in [-0.2, 0) is 29.0 Å². The molecule has 0 spiro atoms. The summed E-state index contributed by atoms with van der Waals surface area (Å²) in [7, 11) is 0. The van der Waals surface area contributed by atoms with Crippen molar-refractivity contribution in [2.24, 2.45) is 5.92 Å². The van der Waals surface area contributed by atoms with Gasteiger partial charge in [0.25, 0.3) is 0 Å². The molecule has 7 heteroatoms. The van der Waals surface area contributed by atoms with Gasteiger partial charge in [-0.3, -0.25) is 9.59 Å². The summed E-state index contributed by atoms with van der Waals surface area (Å²) in [6, 6.07) is 22.9. The molecule has 0 bridgehead atoms. The maximum Gasteiger partial charge on any atom is 0.243 e. The molecule has 0 saturated heterocycles. The highest BCUT2D eigenvalue weighted by atomic mass is 79.9. The number of carbonyl (C=O) groups excluding carboxylic acids is 2. The van der Waals surface area contributed by atoms with Crippen molar-refractivity contribution in [3.05, 3.63) is 94.0 Å². The Morgan fingerprint density at radius 2 is 1.63 bits per heavy atom. The molecule has 0 aliphatic carbocycles. The van der Waals surface area contributed by atoms with Gasteiger partial charge in [0.15, 0.2) is 11.5 Å². The number of aryl methyl sites for hydroxylation is 1. The van der Waals surface area contributed by atoms with E-state index in [2.05, 4.69) is 35.1 Å². The van der Waals surface area contributed by atoms with E-state index in [-0.39, 0.29) is 18.2 Å². The largest absolute Gasteiger partial charge is 0.486 e. The van der Waals surface area contributed by atoms with E-state index < -0.39 is 6.04 Å². The van der Waals surface area contributed by atoms with Gasteiger partial charge < -0.3 is 19.7 Å². The van der Waals surface area contributed by atoms with E-state index >= 15 is 0 Å². The summed E-state index contributed by atoms with van der Waals surface area (Å²) >= 11 is 3.54. The Hall–Kier alpha value is -3.32. The third kappa shape index (κ3) is 7.84. The Bertz CT molecular complexity index is 1230. The zero-order chi connectivity index (χ0) is 26.9. The first-order valence-electron chi connectivity index (χ1n) is 13.1. The highest BCUT2D eigenvalue weighted by molar-refractivity contribution is 9.10. The fourth-order valence-electron chi connectivity index (χ4n) is 4.45. The van der Waals surface area contributed by atoms with E-state index in [1.807, 2.05) is 72.8 Å². The molecule has 0 fully saturated rings. The maximum atomic E-state index is 13.8. The average molecular weight is 580 g/mol. The minimum absolute atomic E-state index is 0.0690. The van der Waals surface area contributed by atoms with Gasteiger partial charge in [0.1, 0.15) is 19.3 Å². The van der Waals surface area contributed by atoms with Crippen molar-refractivity contribution < 1.29 is 19.1 Å². The molecule has 3 aromatic carbocycles. The second kappa shape index (κ2) is 13.5. The van der Waals surface area contributed by atoms with Crippen LogP contribution in [0.4, 0.5) is 0 Å². The highest BCUT2D eigenvalue weighted by Crippen LogP contribution is 2.31. The van der Waals surface area contributed by atoms with Gasteiger partial charge in [-0.05, 0) is 53.3 Å². The van der Waals surface area contributed by atoms with Crippen molar-refractivity contribution >= 4 is 27.7 Å². The molecule has 1 atom stereocenters. The van der Waals surface area contributed by atoms with Crippen molar-refractivity contribution in [3.63, 3.8) is 0 Å². The minimum Gasteiger partial charge on any atom is -0.486 e. The van der Waals surface area contributed by atoms with Crippen LogP contribution < -0.4 is 14.8 Å². The summed E-state index contributed by atoms with van der Waals surface area (Å²) in [5.41, 5.74) is 2.96. The summed E-state index contributed by atoms with van der Waals surface area (Å²) in [6.07, 6.45) is 1.25. The Labute approximate surface area is 233 Å². The number of benzene rings is 3. The number of carbonyl (C=O) groups is 2. The lowest BCUT2D eigenvalue weighted by atomic mass is 10.0. The van der Waals surface area contributed by atoms with E-state index in [0.717, 1.165) is 26.9 Å². The standard InChI is InChI=1S/C31H35BrN2O4/c1-22(2)20-33-31(36)27(18-23-7-4-3-5-8-23)34(21-25-9-6-10-26(32)17-25)30(35)14-12-24-11-13-28-29(19-24)38-16-15-37-28/h3-11,13,17,19,22,27H,12,14-16,18,20-21H2,1-2H3,(H,33,36)/t27-/m1/s1. The van der Waals surface area contributed by atoms with Crippen LogP contribution in [0.2, 0.25) is 0 Å². The molecule has 3 aromatic rings. The first kappa shape index (κ1) is 27.7. The zero-order valence-corrected chi connectivity index (χ0v) is 23.6. The molecule has 4 rings (SSSR count). The number of nitrogens with zero attached hydrogens (tertiary/aromatic N) is 1. The van der Waals surface area contributed by atoms with Crippen LogP contribution in [-0.4, -0.2) is 42.5 Å². The lowest BCUT2D eigenvalue weighted by Gasteiger charge is -2.32. The monoisotopic (exact) mass is 578 g/mol. The van der Waals surface area contributed by atoms with Crippen LogP contribution in [0, 0.1) is 5.92 Å². The van der Waals surface area contributed by atoms with Crippen LogP contribution in [0.5, 0.6) is 11.5 Å². The maximum absolute atomic E-state index is 13.8. The van der Waals surface area contributed by atoms with Crippen LogP contribution in [0.3, 0.4) is 0 Å². The van der Waals surface area contributed by atoms with Crippen LogP contribution in [0.25, 0.3) is 0 Å². The smallest absolute Gasteiger partial charge is 0.243 e. The van der Waals surface area contributed by atoms with E-state index in [9.17, 15) is 9.59 Å². The van der Waals surface area contributed by atoms with Crippen LogP contribution in [0.15, 0.2) is 77.3 Å². The van der Waals surface area contributed by atoms with Crippen molar-refractivity contribution in [2.75, 3.05) is 19.8 Å². The molecule has 38 heavy (non-hydrogen) atoms. The van der Waals surface area contributed by atoms with E-state index in [0.29, 0.717) is 50.8 Å². The van der Waals surface area contributed by atoms with Crippen molar-refractivity contribution in [1.82, 2.24) is 10.2 Å². The SMILES string of the molecule is CC(C)CNC(=O)[C@@H](Cc1ccccc1)N(Cc1cccc(Br)c1)C(=O)CCc1ccc2c(c1)OCCO2. The molecule has 1 N–H and O–H groups in total. The molecule has 0 unspecified atom stereocenters. The number of fused-ring (bicyclic) bond motifs is 1. The molecule has 0 radical (unpaired) electrons. The van der Waals surface area contributed by atoms with Gasteiger partial charge in [-0.1, -0.05) is 78.3 Å². The fraction of sp³-hybridized carbons (Fsp3) is 0.355. The van der Waals surface area contributed by atoms with Crippen molar-refractivity contribution in [3.8, 4) is 11.5 Å². The molecule has 1 heterocycles. The van der Waals surface area contributed by atoms with Crippen LogP contribution >= 0.6 is 15.9 Å². The molecule has 0 saturated carbocycles. The summed E-state index contributed by atoms with van der Waals surface area (Å²) in [5.74, 6) is 1.54. The average Bonchev–Trinajstić information content (AvgIpc) is 2.92. The Kier molecular flexibility index (Phi) is 9.82. The number of amides is 2. The van der Waals surface area contributed by atoms with Gasteiger partial charge in [0, 0.05) is 30.4 Å². The van der Waals surface area contributed by atoms with Gasteiger partial charge in [-0.15, -0.1) is 0 Å². The molecule has 0 aromatic heterocycles. The quantitative estimate of drug-likeness (QED) is 0.323. The normalized spacial score (nSPS) is 13.2. The van der Waals surface area contributed by atoms with Gasteiger partial charge in [-0.2, -0.15) is 0 Å². The van der Waals surface area contributed by atoms with E-state index in [1.54, 1.807) is 4.90 Å². The van der Waals surface area contributed by atoms with E-state index in [1.165, 1.54) is 0 Å². The third-order valence-electron chi connectivity index (χ3n) is 6.43. The summed E-state index contributed by atoms with van der Waals surface area (Å²) in [6.45, 7) is 6.07. The molecule has 2 amide bonds. The second-order valence-electron chi connectivity index (χ2n) is 9.97. The van der Waals surface area contributed by atoms with Gasteiger partial charge in [-0.25, -0.2) is 0 Å². The Morgan fingerprint density at radius 3 is 2.37 bits per heavy atom. The predicted molar refractivity (Wildman–Crippen MR) is 152 cm³/mol. The lowest BCUT2D eigenvalue weighted by Crippen LogP contribution is -2.51. The highest BCUT2D eigenvalue weighted by Gasteiger charge is 2.30. The third-order valence-corrected chi connectivity index (χ3v) is 6.92. The molecular formula is C31H35BrN2O4. The van der Waals surface area contributed by atoms with Gasteiger partial charge in [0.2, 0.25) is 11.8 Å².